The van der Waals surface area contributed by atoms with E-state index in [0.29, 0.717) is 6.54 Å². The molecule has 0 saturated carbocycles. The van der Waals surface area contributed by atoms with E-state index in [1.807, 2.05) is 44.4 Å². The van der Waals surface area contributed by atoms with Gasteiger partial charge in [-0.25, -0.2) is 0 Å². The summed E-state index contributed by atoms with van der Waals surface area (Å²) in [6.07, 6.45) is 0. The Morgan fingerprint density at radius 2 is 1.79 bits per heavy atom. The molecule has 0 bridgehead atoms. The molecular weight excluding hydrogens is 174 g/mol. The number of aliphatic hydroxyl groups is 1. The summed E-state index contributed by atoms with van der Waals surface area (Å²) in [5.74, 6) is 0. The van der Waals surface area contributed by atoms with Crippen LogP contribution in [0.2, 0.25) is 0 Å². The third-order valence-corrected chi connectivity index (χ3v) is 2.11. The highest BCUT2D eigenvalue weighted by Gasteiger charge is 2.30. The Labute approximate surface area is 86.4 Å². The summed E-state index contributed by atoms with van der Waals surface area (Å²) >= 11 is 0. The van der Waals surface area contributed by atoms with E-state index in [0.717, 1.165) is 5.56 Å². The van der Waals surface area contributed by atoms with Crippen LogP contribution in [0.3, 0.4) is 0 Å². The number of hydrogen-bond donors (Lipinski definition) is 1. The normalized spacial score (nSPS) is 16.4. The van der Waals surface area contributed by atoms with Crippen LogP contribution >= 0.6 is 0 Å². The molecule has 0 aliphatic carbocycles. The lowest BCUT2D eigenvalue weighted by molar-refractivity contribution is -0.853. The number of nitrogens with zero attached hydrogens (tertiary/aromatic N) is 1. The average Bonchev–Trinajstić information content (AvgIpc) is 2.01. The summed E-state index contributed by atoms with van der Waals surface area (Å²) < 4.78 is 0.252. The van der Waals surface area contributed by atoms with E-state index in [1.54, 1.807) is 6.92 Å². The zero-order chi connectivity index (χ0) is 10.8. The number of hydrogen-bond acceptors (Lipinski definition) is 1. The average molecular weight is 192 g/mol. The Morgan fingerprint density at radius 1 is 1.29 bits per heavy atom. The molecule has 0 saturated heterocycles. The molecule has 0 aliphatic rings. The van der Waals surface area contributed by atoms with Crippen molar-refractivity contribution in [2.45, 2.75) is 12.5 Å². The standard InChI is InChI=1S/C12H18NO/c1-12(14,10-13(2,3)4)11-8-6-5-7-9-11/h2,5-9,14H,10H2,1,3-4H3/q+1. The second-order valence-electron chi connectivity index (χ2n) is 4.58. The molecule has 2 nitrogen and oxygen atoms in total. The largest absolute Gasteiger partial charge is 0.380 e. The summed E-state index contributed by atoms with van der Waals surface area (Å²) in [6.45, 7) is 2.27. The van der Waals surface area contributed by atoms with Crippen molar-refractivity contribution < 1.29 is 9.59 Å². The van der Waals surface area contributed by atoms with Gasteiger partial charge in [-0.3, -0.25) is 0 Å². The van der Waals surface area contributed by atoms with E-state index >= 15 is 0 Å². The molecule has 1 atom stereocenters. The van der Waals surface area contributed by atoms with Crippen molar-refractivity contribution in [2.75, 3.05) is 20.6 Å². The zero-order valence-corrected chi connectivity index (χ0v) is 9.07. The van der Waals surface area contributed by atoms with Gasteiger partial charge in [-0.15, -0.1) is 0 Å². The third kappa shape index (κ3) is 3.13. The quantitative estimate of drug-likeness (QED) is 0.722. The summed E-state index contributed by atoms with van der Waals surface area (Å²) in [4.78, 5) is 0. The van der Waals surface area contributed by atoms with Gasteiger partial charge in [0.05, 0.1) is 14.1 Å². The Balaban J connectivity index is 2.86. The molecule has 2 radical (unpaired) electrons. The van der Waals surface area contributed by atoms with Crippen molar-refractivity contribution >= 4 is 0 Å². The van der Waals surface area contributed by atoms with E-state index in [-0.39, 0.29) is 4.48 Å². The van der Waals surface area contributed by atoms with Gasteiger partial charge in [0.15, 0.2) is 0 Å². The monoisotopic (exact) mass is 192 g/mol. The molecule has 1 N–H and O–H groups in total. The van der Waals surface area contributed by atoms with Gasteiger partial charge >= 0.3 is 0 Å². The van der Waals surface area contributed by atoms with Gasteiger partial charge < -0.3 is 9.59 Å². The molecular formula is C12H18NO+. The Kier molecular flexibility index (Phi) is 2.98. The summed E-state index contributed by atoms with van der Waals surface area (Å²) in [6, 6.07) is 9.59. The van der Waals surface area contributed by atoms with Crippen molar-refractivity contribution in [2.24, 2.45) is 0 Å². The van der Waals surface area contributed by atoms with Crippen molar-refractivity contribution in [1.82, 2.24) is 0 Å². The predicted molar refractivity (Wildman–Crippen MR) is 57.3 cm³/mol. The maximum absolute atomic E-state index is 10.2. The van der Waals surface area contributed by atoms with Gasteiger partial charge in [0.25, 0.3) is 0 Å². The molecule has 14 heavy (non-hydrogen) atoms. The van der Waals surface area contributed by atoms with Crippen LogP contribution in [0.1, 0.15) is 12.5 Å². The third-order valence-electron chi connectivity index (χ3n) is 2.11. The zero-order valence-electron chi connectivity index (χ0n) is 9.07. The fourth-order valence-electron chi connectivity index (χ4n) is 1.68. The van der Waals surface area contributed by atoms with Gasteiger partial charge in [-0.1, -0.05) is 30.3 Å². The van der Waals surface area contributed by atoms with Crippen molar-refractivity contribution in [3.8, 4) is 0 Å². The highest BCUT2D eigenvalue weighted by molar-refractivity contribution is 5.21. The molecule has 1 aromatic rings. The SMILES string of the molecule is [CH][N+](C)(C)CC(C)(O)c1ccccc1. The van der Waals surface area contributed by atoms with E-state index < -0.39 is 5.60 Å². The van der Waals surface area contributed by atoms with E-state index in [9.17, 15) is 5.11 Å². The van der Waals surface area contributed by atoms with Gasteiger partial charge in [0.1, 0.15) is 12.1 Å². The molecule has 0 heterocycles. The van der Waals surface area contributed by atoms with E-state index in [4.69, 9.17) is 7.05 Å². The second kappa shape index (κ2) is 3.71. The molecule has 76 valence electrons. The van der Waals surface area contributed by atoms with E-state index in [1.165, 1.54) is 0 Å². The van der Waals surface area contributed by atoms with Crippen molar-refractivity contribution in [3.05, 3.63) is 42.9 Å². The molecule has 0 amide bonds. The number of quaternary nitrogens is 1. The fourth-order valence-corrected chi connectivity index (χ4v) is 1.68. The van der Waals surface area contributed by atoms with Crippen LogP contribution < -0.4 is 0 Å². The van der Waals surface area contributed by atoms with Crippen LogP contribution in [0.5, 0.6) is 0 Å². The topological polar surface area (TPSA) is 20.2 Å². The van der Waals surface area contributed by atoms with E-state index in [2.05, 4.69) is 0 Å². The van der Waals surface area contributed by atoms with Crippen molar-refractivity contribution in [1.29, 1.82) is 0 Å². The molecule has 0 spiro atoms. The minimum Gasteiger partial charge on any atom is -0.380 e. The molecule has 1 unspecified atom stereocenters. The molecule has 1 aromatic carbocycles. The van der Waals surface area contributed by atoms with Gasteiger partial charge in [-0.05, 0) is 12.5 Å². The lowest BCUT2D eigenvalue weighted by Crippen LogP contribution is -2.44. The van der Waals surface area contributed by atoms with Gasteiger partial charge in [0, 0.05) is 0 Å². The Morgan fingerprint density at radius 3 is 2.21 bits per heavy atom. The van der Waals surface area contributed by atoms with Crippen LogP contribution in [-0.4, -0.2) is 30.2 Å². The van der Waals surface area contributed by atoms with Crippen LogP contribution in [-0.2, 0) is 5.60 Å². The molecule has 0 aliphatic heterocycles. The van der Waals surface area contributed by atoms with Crippen LogP contribution in [0.15, 0.2) is 30.3 Å². The maximum atomic E-state index is 10.2. The van der Waals surface area contributed by atoms with Crippen molar-refractivity contribution in [3.63, 3.8) is 0 Å². The first-order chi connectivity index (χ1) is 6.31. The minimum absolute atomic E-state index is 0.252. The molecule has 1 rings (SSSR count). The lowest BCUT2D eigenvalue weighted by atomic mass is 9.95. The number of rotatable bonds is 3. The van der Waals surface area contributed by atoms with Gasteiger partial charge in [-0.2, -0.15) is 0 Å². The van der Waals surface area contributed by atoms with Crippen LogP contribution in [0.25, 0.3) is 0 Å². The molecule has 0 fully saturated rings. The summed E-state index contributed by atoms with van der Waals surface area (Å²) in [7, 11) is 9.55. The first kappa shape index (κ1) is 11.2. The van der Waals surface area contributed by atoms with Gasteiger partial charge in [0.2, 0.25) is 7.05 Å². The summed E-state index contributed by atoms with van der Waals surface area (Å²) in [5, 5.41) is 10.2. The lowest BCUT2D eigenvalue weighted by Gasteiger charge is -2.32. The Hall–Kier alpha value is -0.860. The summed E-state index contributed by atoms with van der Waals surface area (Å²) in [5.41, 5.74) is 0.0242. The first-order valence-electron chi connectivity index (χ1n) is 4.71. The highest BCUT2D eigenvalue weighted by Crippen LogP contribution is 2.22. The highest BCUT2D eigenvalue weighted by atomic mass is 16.3. The second-order valence-corrected chi connectivity index (χ2v) is 4.58. The first-order valence-corrected chi connectivity index (χ1v) is 4.71. The minimum atomic E-state index is -0.875. The maximum Gasteiger partial charge on any atom is 0.206 e. The van der Waals surface area contributed by atoms with Crippen LogP contribution in [0, 0.1) is 7.05 Å². The molecule has 0 aromatic heterocycles. The number of likely N-dealkylation sites (N-methyl/N-ethyl adjacent to an activating group) is 1. The number of benzene rings is 1. The fraction of sp³-hybridized carbons (Fsp3) is 0.417. The smallest absolute Gasteiger partial charge is 0.206 e. The van der Waals surface area contributed by atoms with Crippen LogP contribution in [0.4, 0.5) is 0 Å². The Bertz CT molecular complexity index is 285. The molecule has 2 heteroatoms. The predicted octanol–water partition coefficient (Wildman–Crippen LogP) is 1.64.